The summed E-state index contributed by atoms with van der Waals surface area (Å²) in [5.41, 5.74) is 4.35. The first-order chi connectivity index (χ1) is 18.2. The highest BCUT2D eigenvalue weighted by Crippen LogP contribution is 2.31. The Bertz CT molecular complexity index is 1120. The van der Waals surface area contributed by atoms with Crippen LogP contribution >= 0.6 is 11.6 Å². The minimum absolute atomic E-state index is 0.113. The molecule has 0 aromatic heterocycles. The Kier molecular flexibility index (Phi) is 11.4. The number of carboxylic acids is 2. The van der Waals surface area contributed by atoms with Gasteiger partial charge in [-0.1, -0.05) is 43.0 Å². The number of carbonyl (C=O) groups is 3. The lowest BCUT2D eigenvalue weighted by molar-refractivity contribution is -0.143. The molecule has 1 saturated carbocycles. The van der Waals surface area contributed by atoms with Crippen molar-refractivity contribution in [3.05, 3.63) is 63.4 Å². The summed E-state index contributed by atoms with van der Waals surface area (Å²) in [6.45, 7) is 2.33. The number of benzene rings is 2. The van der Waals surface area contributed by atoms with Crippen LogP contribution in [0.1, 0.15) is 72.0 Å². The van der Waals surface area contributed by atoms with Crippen LogP contribution in [0.3, 0.4) is 0 Å². The van der Waals surface area contributed by atoms with Crippen molar-refractivity contribution in [3.63, 3.8) is 0 Å². The first-order valence-corrected chi connectivity index (χ1v) is 13.4. The number of fused-ring (bicyclic) bond motifs is 1. The first kappa shape index (κ1) is 29.4. The summed E-state index contributed by atoms with van der Waals surface area (Å²) in [5.74, 6) is -2.95. The molecule has 38 heavy (non-hydrogen) atoms. The van der Waals surface area contributed by atoms with Crippen molar-refractivity contribution in [2.45, 2.75) is 70.4 Å². The molecule has 0 bridgehead atoms. The number of hydrogen-bond donors (Lipinski definition) is 5. The van der Waals surface area contributed by atoms with Crippen LogP contribution in [0.2, 0.25) is 5.02 Å². The third kappa shape index (κ3) is 8.99. The lowest BCUT2D eigenvalue weighted by atomic mass is 9.95. The molecule has 2 aromatic rings. The van der Waals surface area contributed by atoms with Gasteiger partial charge in [-0.2, -0.15) is 0 Å². The molecule has 0 atom stereocenters. The molecule has 2 aromatic carbocycles. The highest BCUT2D eigenvalue weighted by molar-refractivity contribution is 6.33. The molecule has 1 amide bonds. The number of anilines is 1. The molecule has 1 fully saturated rings. The summed E-state index contributed by atoms with van der Waals surface area (Å²) >= 11 is 6.46. The maximum Gasteiger partial charge on any atom is 0.303 e. The smallest absolute Gasteiger partial charge is 0.303 e. The third-order valence-electron chi connectivity index (χ3n) is 6.72. The fourth-order valence-corrected chi connectivity index (χ4v) is 4.95. The van der Waals surface area contributed by atoms with Crippen LogP contribution in [0.25, 0.3) is 0 Å². The molecule has 0 radical (unpaired) electrons. The minimum atomic E-state index is -1.08. The van der Waals surface area contributed by atoms with Crippen LogP contribution in [-0.2, 0) is 29.0 Å². The Hall–Kier alpha value is -3.17. The van der Waals surface area contributed by atoms with Gasteiger partial charge in [0.05, 0.1) is 29.1 Å². The maximum absolute atomic E-state index is 14.7. The number of hydrogen-bond acceptors (Lipinski definition) is 5. The van der Waals surface area contributed by atoms with Gasteiger partial charge in [-0.15, -0.1) is 0 Å². The summed E-state index contributed by atoms with van der Waals surface area (Å²) in [6.07, 6.45) is 6.71. The van der Waals surface area contributed by atoms with E-state index < -0.39 is 17.8 Å². The molecule has 4 rings (SSSR count). The Morgan fingerprint density at radius 2 is 1.66 bits per heavy atom. The van der Waals surface area contributed by atoms with E-state index >= 15 is 0 Å². The fourth-order valence-electron chi connectivity index (χ4n) is 4.70. The maximum atomic E-state index is 14.7. The third-order valence-corrected chi connectivity index (χ3v) is 7.04. The van der Waals surface area contributed by atoms with Crippen molar-refractivity contribution < 1.29 is 29.0 Å². The van der Waals surface area contributed by atoms with Gasteiger partial charge in [0.2, 0.25) is 0 Å². The largest absolute Gasteiger partial charge is 0.481 e. The average Bonchev–Trinajstić information content (AvgIpc) is 3.13. The molecular weight excluding hydrogens is 513 g/mol. The Morgan fingerprint density at radius 3 is 2.32 bits per heavy atom. The van der Waals surface area contributed by atoms with Crippen LogP contribution in [-0.4, -0.2) is 47.2 Å². The van der Waals surface area contributed by atoms with Crippen LogP contribution in [0.5, 0.6) is 0 Å². The van der Waals surface area contributed by atoms with Gasteiger partial charge in [-0.3, -0.25) is 14.4 Å². The van der Waals surface area contributed by atoms with Gasteiger partial charge in [-0.25, -0.2) is 4.39 Å². The zero-order valence-corrected chi connectivity index (χ0v) is 22.1. The van der Waals surface area contributed by atoms with Crippen molar-refractivity contribution in [1.29, 1.82) is 0 Å². The van der Waals surface area contributed by atoms with Crippen LogP contribution < -0.4 is 16.0 Å². The van der Waals surface area contributed by atoms with Crippen molar-refractivity contribution >= 4 is 35.1 Å². The molecule has 10 heteroatoms. The van der Waals surface area contributed by atoms with Crippen molar-refractivity contribution in [2.24, 2.45) is 0 Å². The SMILES string of the molecule is O=C(NC1CCCCC1)c1ccc(CNc2c(Cl)ccc3c2CCNCC3)cc1F.O=C(O)CCC(=O)O. The van der Waals surface area contributed by atoms with Crippen LogP contribution in [0.4, 0.5) is 10.1 Å². The van der Waals surface area contributed by atoms with E-state index in [-0.39, 0.29) is 30.4 Å². The van der Waals surface area contributed by atoms with E-state index in [1.165, 1.54) is 23.6 Å². The van der Waals surface area contributed by atoms with E-state index in [1.807, 2.05) is 12.1 Å². The highest BCUT2D eigenvalue weighted by atomic mass is 35.5. The predicted molar refractivity (Wildman–Crippen MR) is 144 cm³/mol. The first-order valence-electron chi connectivity index (χ1n) is 13.0. The molecule has 2 aliphatic rings. The molecule has 1 aliphatic carbocycles. The molecule has 0 saturated heterocycles. The van der Waals surface area contributed by atoms with E-state index in [9.17, 15) is 18.8 Å². The lowest BCUT2D eigenvalue weighted by Crippen LogP contribution is -2.36. The van der Waals surface area contributed by atoms with Crippen molar-refractivity contribution in [2.75, 3.05) is 18.4 Å². The monoisotopic (exact) mass is 547 g/mol. The van der Waals surface area contributed by atoms with Gasteiger partial charge < -0.3 is 26.2 Å². The second kappa shape index (κ2) is 14.7. The van der Waals surface area contributed by atoms with Gasteiger partial charge >= 0.3 is 11.9 Å². The fraction of sp³-hybridized carbons (Fsp3) is 0.464. The Labute approximate surface area is 227 Å². The zero-order chi connectivity index (χ0) is 27.5. The van der Waals surface area contributed by atoms with E-state index in [0.29, 0.717) is 11.6 Å². The molecule has 206 valence electrons. The van der Waals surface area contributed by atoms with Gasteiger partial charge in [-0.05, 0) is 73.7 Å². The lowest BCUT2D eigenvalue weighted by Gasteiger charge is -2.23. The second-order valence-electron chi connectivity index (χ2n) is 9.57. The second-order valence-corrected chi connectivity index (χ2v) is 9.98. The summed E-state index contributed by atoms with van der Waals surface area (Å²) in [7, 11) is 0. The normalized spacial score (nSPS) is 15.3. The highest BCUT2D eigenvalue weighted by Gasteiger charge is 2.19. The van der Waals surface area contributed by atoms with Crippen molar-refractivity contribution in [3.8, 4) is 0 Å². The summed E-state index contributed by atoms with van der Waals surface area (Å²) in [4.78, 5) is 31.8. The van der Waals surface area contributed by atoms with E-state index in [2.05, 4.69) is 22.0 Å². The topological polar surface area (TPSA) is 128 Å². The van der Waals surface area contributed by atoms with E-state index in [4.69, 9.17) is 21.8 Å². The molecule has 0 spiro atoms. The minimum Gasteiger partial charge on any atom is -0.481 e. The number of carboxylic acid groups (broad SMARTS) is 2. The quantitative estimate of drug-likeness (QED) is 0.322. The Morgan fingerprint density at radius 1 is 0.974 bits per heavy atom. The molecule has 0 unspecified atom stereocenters. The van der Waals surface area contributed by atoms with Gasteiger partial charge in [0.25, 0.3) is 5.91 Å². The summed E-state index contributed by atoms with van der Waals surface area (Å²) in [5, 5.41) is 26.3. The molecule has 1 aliphatic heterocycles. The van der Waals surface area contributed by atoms with Gasteiger partial charge in [0.15, 0.2) is 0 Å². The summed E-state index contributed by atoms with van der Waals surface area (Å²) in [6, 6.07) is 9.02. The number of rotatable bonds is 8. The van der Waals surface area contributed by atoms with Gasteiger partial charge in [0, 0.05) is 12.6 Å². The Balaban J connectivity index is 0.000000436. The molecule has 8 nitrogen and oxygen atoms in total. The van der Waals surface area contributed by atoms with Crippen molar-refractivity contribution in [1.82, 2.24) is 10.6 Å². The van der Waals surface area contributed by atoms with Crippen LogP contribution in [0, 0.1) is 5.82 Å². The molecule has 1 heterocycles. The zero-order valence-electron chi connectivity index (χ0n) is 21.3. The molecule has 5 N–H and O–H groups in total. The van der Waals surface area contributed by atoms with Crippen LogP contribution in [0.15, 0.2) is 30.3 Å². The summed E-state index contributed by atoms with van der Waals surface area (Å²) < 4.78 is 14.7. The number of nitrogens with one attached hydrogen (secondary N) is 3. The average molecular weight is 548 g/mol. The number of aliphatic carboxylic acids is 2. The standard InChI is InChI=1S/C24H29ClFN3O.C4H6O4/c25-21-9-7-17-10-12-27-13-11-19(17)23(21)28-15-16-6-8-20(22(26)14-16)24(30)29-18-4-2-1-3-5-18;5-3(6)1-2-4(7)8/h6-9,14,18,27-28H,1-5,10-13,15H2,(H,29,30);1-2H2,(H,5,6)(H,7,8). The number of carbonyl (C=O) groups excluding carboxylic acids is 1. The van der Waals surface area contributed by atoms with Gasteiger partial charge in [0.1, 0.15) is 5.82 Å². The number of amides is 1. The van der Waals surface area contributed by atoms with E-state index in [1.54, 1.807) is 6.07 Å². The van der Waals surface area contributed by atoms with E-state index in [0.717, 1.165) is 62.9 Å². The predicted octanol–water partition coefficient (Wildman–Crippen LogP) is 4.78. The number of halogens is 2. The molecular formula is C28H35ClFN3O5.